The number of likely N-dealkylation sites (tertiary alicyclic amines) is 1. The van der Waals surface area contributed by atoms with E-state index in [2.05, 4.69) is 0 Å². The van der Waals surface area contributed by atoms with Gasteiger partial charge in [-0.1, -0.05) is 12.2 Å². The monoisotopic (exact) mass is 489 g/mol. The van der Waals surface area contributed by atoms with Crippen LogP contribution < -0.4 is 9.47 Å². The van der Waals surface area contributed by atoms with Gasteiger partial charge in [0, 0.05) is 45.2 Å². The summed E-state index contributed by atoms with van der Waals surface area (Å²) < 4.78 is 38.5. The number of carbonyl (C=O) groups excluding carboxylic acids is 3. The third-order valence-electron chi connectivity index (χ3n) is 6.89. The summed E-state index contributed by atoms with van der Waals surface area (Å²) in [6.45, 7) is 1.69. The van der Waals surface area contributed by atoms with Gasteiger partial charge >= 0.3 is 0 Å². The topological polar surface area (TPSA) is 114 Å². The third kappa shape index (κ3) is 4.07. The van der Waals surface area contributed by atoms with Crippen molar-refractivity contribution >= 4 is 27.7 Å². The van der Waals surface area contributed by atoms with Gasteiger partial charge in [0.05, 0.1) is 16.7 Å². The summed E-state index contributed by atoms with van der Waals surface area (Å²) in [7, 11) is -3.74. The van der Waals surface area contributed by atoms with Gasteiger partial charge < -0.3 is 14.4 Å². The Bertz CT molecular complexity index is 1120. The first-order chi connectivity index (χ1) is 16.4. The number of imide groups is 1. The summed E-state index contributed by atoms with van der Waals surface area (Å²) in [6.07, 6.45) is 5.04. The minimum absolute atomic E-state index is 0.0409. The molecule has 1 aromatic rings. The maximum absolute atomic E-state index is 13.1. The molecule has 11 heteroatoms. The van der Waals surface area contributed by atoms with Gasteiger partial charge in [0.15, 0.2) is 11.5 Å². The van der Waals surface area contributed by atoms with Crippen LogP contribution in [0.2, 0.25) is 0 Å². The quantitative estimate of drug-likeness (QED) is 0.440. The molecule has 5 rings (SSSR count). The van der Waals surface area contributed by atoms with Crippen molar-refractivity contribution in [2.45, 2.75) is 24.2 Å². The number of rotatable bonds is 5. The number of piperazine rings is 1. The number of hydrogen-bond donors (Lipinski definition) is 0. The molecule has 2 unspecified atom stereocenters. The molecule has 2 fully saturated rings. The van der Waals surface area contributed by atoms with Crippen LogP contribution in [0.3, 0.4) is 0 Å². The second-order valence-corrected chi connectivity index (χ2v) is 10.8. The van der Waals surface area contributed by atoms with E-state index in [0.717, 1.165) is 0 Å². The minimum Gasteiger partial charge on any atom is -0.486 e. The Kier molecular flexibility index (Phi) is 6.07. The van der Waals surface area contributed by atoms with Gasteiger partial charge in [0.25, 0.3) is 0 Å². The summed E-state index contributed by atoms with van der Waals surface area (Å²) in [5, 5.41) is 0. The first-order valence-corrected chi connectivity index (χ1v) is 13.0. The number of hydrogen-bond acceptors (Lipinski definition) is 7. The van der Waals surface area contributed by atoms with Crippen molar-refractivity contribution in [3.63, 3.8) is 0 Å². The normalized spacial score (nSPS) is 24.9. The molecule has 0 bridgehead atoms. The van der Waals surface area contributed by atoms with Crippen LogP contribution in [-0.2, 0) is 24.4 Å². The zero-order valence-corrected chi connectivity index (χ0v) is 19.5. The van der Waals surface area contributed by atoms with E-state index in [1.54, 1.807) is 11.0 Å². The van der Waals surface area contributed by atoms with Crippen LogP contribution in [0.1, 0.15) is 19.3 Å². The molecule has 10 nitrogen and oxygen atoms in total. The Hall–Kier alpha value is -2.92. The lowest BCUT2D eigenvalue weighted by Crippen LogP contribution is -2.51. The first kappa shape index (κ1) is 22.9. The van der Waals surface area contributed by atoms with E-state index >= 15 is 0 Å². The summed E-state index contributed by atoms with van der Waals surface area (Å²) in [5.41, 5.74) is 0. The molecule has 0 N–H and O–H groups in total. The summed E-state index contributed by atoms with van der Waals surface area (Å²) in [4.78, 5) is 40.8. The van der Waals surface area contributed by atoms with Crippen molar-refractivity contribution < 1.29 is 32.3 Å². The van der Waals surface area contributed by atoms with Crippen LogP contribution in [0.5, 0.6) is 11.5 Å². The van der Waals surface area contributed by atoms with Gasteiger partial charge in [0.2, 0.25) is 27.7 Å². The van der Waals surface area contributed by atoms with E-state index in [4.69, 9.17) is 9.47 Å². The molecule has 0 radical (unpaired) electrons. The molecule has 1 aliphatic carbocycles. The Balaban J connectivity index is 1.16. The zero-order chi connectivity index (χ0) is 23.9. The third-order valence-corrected chi connectivity index (χ3v) is 8.79. The number of sulfonamides is 1. The molecule has 3 heterocycles. The Morgan fingerprint density at radius 2 is 1.53 bits per heavy atom. The molecule has 0 spiro atoms. The Morgan fingerprint density at radius 3 is 2.18 bits per heavy atom. The lowest BCUT2D eigenvalue weighted by molar-refractivity contribution is -0.141. The van der Waals surface area contributed by atoms with Crippen molar-refractivity contribution in [2.75, 3.05) is 45.9 Å². The van der Waals surface area contributed by atoms with Crippen LogP contribution in [0, 0.1) is 11.8 Å². The summed E-state index contributed by atoms with van der Waals surface area (Å²) >= 11 is 0. The molecule has 2 atom stereocenters. The Morgan fingerprint density at radius 1 is 0.912 bits per heavy atom. The second-order valence-electron chi connectivity index (χ2n) is 8.82. The number of allylic oxidation sites excluding steroid dienone is 2. The molecular formula is C23H27N3O7S. The predicted molar refractivity (Wildman–Crippen MR) is 119 cm³/mol. The second kappa shape index (κ2) is 9.03. The molecule has 3 amide bonds. The highest BCUT2D eigenvalue weighted by atomic mass is 32.2. The number of carbonyl (C=O) groups is 3. The maximum atomic E-state index is 13.1. The van der Waals surface area contributed by atoms with E-state index in [1.807, 2.05) is 12.2 Å². The van der Waals surface area contributed by atoms with Crippen LogP contribution in [0.15, 0.2) is 35.2 Å². The lowest BCUT2D eigenvalue weighted by Gasteiger charge is -2.34. The van der Waals surface area contributed by atoms with Gasteiger partial charge in [-0.15, -0.1) is 0 Å². The Labute approximate surface area is 198 Å². The molecule has 34 heavy (non-hydrogen) atoms. The number of amides is 3. The molecule has 4 aliphatic rings. The molecule has 3 aliphatic heterocycles. The van der Waals surface area contributed by atoms with E-state index in [9.17, 15) is 22.8 Å². The average molecular weight is 490 g/mol. The minimum atomic E-state index is -3.74. The van der Waals surface area contributed by atoms with Gasteiger partial charge in [0.1, 0.15) is 13.2 Å². The number of benzene rings is 1. The molecule has 182 valence electrons. The first-order valence-electron chi connectivity index (χ1n) is 11.5. The van der Waals surface area contributed by atoms with Crippen molar-refractivity contribution in [2.24, 2.45) is 11.8 Å². The predicted octanol–water partition coefficient (Wildman–Crippen LogP) is 0.632. The van der Waals surface area contributed by atoms with E-state index in [0.29, 0.717) is 37.6 Å². The van der Waals surface area contributed by atoms with E-state index in [-0.39, 0.29) is 73.6 Å². The van der Waals surface area contributed by atoms with Crippen LogP contribution in [-0.4, -0.2) is 86.2 Å². The highest BCUT2D eigenvalue weighted by molar-refractivity contribution is 7.89. The molecule has 0 saturated carbocycles. The van der Waals surface area contributed by atoms with Gasteiger partial charge in [-0.2, -0.15) is 4.31 Å². The van der Waals surface area contributed by atoms with Crippen molar-refractivity contribution in [1.29, 1.82) is 0 Å². The number of ether oxygens (including phenoxy) is 2. The standard InChI is InChI=1S/C23H27N3O7S/c27-21(7-8-26-22(28)17-3-1-2-4-18(17)23(26)29)24-9-11-25(12-10-24)34(30,31)16-5-6-19-20(15-16)33-14-13-32-19/h1-2,5-6,15,17-18H,3-4,7-14H2. The lowest BCUT2D eigenvalue weighted by atomic mass is 9.85. The molecular weight excluding hydrogens is 462 g/mol. The van der Waals surface area contributed by atoms with Crippen molar-refractivity contribution in [3.05, 3.63) is 30.4 Å². The smallest absolute Gasteiger partial charge is 0.243 e. The molecule has 2 saturated heterocycles. The summed E-state index contributed by atoms with van der Waals surface area (Å²) in [6, 6.07) is 4.56. The van der Waals surface area contributed by atoms with Gasteiger partial charge in [-0.3, -0.25) is 19.3 Å². The maximum Gasteiger partial charge on any atom is 0.243 e. The average Bonchev–Trinajstić information content (AvgIpc) is 3.11. The summed E-state index contributed by atoms with van der Waals surface area (Å²) in [5.74, 6) is -0.257. The largest absolute Gasteiger partial charge is 0.486 e. The SMILES string of the molecule is O=C(CCN1C(=O)C2CC=CCC2C1=O)N1CCN(S(=O)(=O)c2ccc3c(c2)OCCO3)CC1. The van der Waals surface area contributed by atoms with Crippen LogP contribution in [0.25, 0.3) is 0 Å². The fourth-order valence-electron chi connectivity index (χ4n) is 4.97. The van der Waals surface area contributed by atoms with Gasteiger partial charge in [-0.05, 0) is 25.0 Å². The fraction of sp³-hybridized carbons (Fsp3) is 0.522. The number of nitrogens with zero attached hydrogens (tertiary/aromatic N) is 3. The molecule has 1 aromatic carbocycles. The van der Waals surface area contributed by atoms with Gasteiger partial charge in [-0.25, -0.2) is 8.42 Å². The van der Waals surface area contributed by atoms with E-state index < -0.39 is 10.0 Å². The van der Waals surface area contributed by atoms with Crippen LogP contribution >= 0.6 is 0 Å². The van der Waals surface area contributed by atoms with E-state index in [1.165, 1.54) is 21.3 Å². The fourth-order valence-corrected chi connectivity index (χ4v) is 6.40. The van der Waals surface area contributed by atoms with Crippen molar-refractivity contribution in [1.82, 2.24) is 14.1 Å². The van der Waals surface area contributed by atoms with Crippen molar-refractivity contribution in [3.8, 4) is 11.5 Å². The zero-order valence-electron chi connectivity index (χ0n) is 18.7. The van der Waals surface area contributed by atoms with Crippen LogP contribution in [0.4, 0.5) is 0 Å². The highest BCUT2D eigenvalue weighted by Crippen LogP contribution is 2.35. The number of fused-ring (bicyclic) bond motifs is 2. The molecule has 0 aromatic heterocycles. The highest BCUT2D eigenvalue weighted by Gasteiger charge is 2.47.